The first-order valence-electron chi connectivity index (χ1n) is 11.0. The number of halogens is 1. The summed E-state index contributed by atoms with van der Waals surface area (Å²) in [6.45, 7) is 2.21. The van der Waals surface area contributed by atoms with Crippen molar-refractivity contribution in [1.82, 2.24) is 5.32 Å². The van der Waals surface area contributed by atoms with Gasteiger partial charge in [0.15, 0.2) is 0 Å². The number of benzene rings is 3. The molecule has 8 heteroatoms. The number of hydrogen-bond donors (Lipinski definition) is 1. The quantitative estimate of drug-likeness (QED) is 0.403. The van der Waals surface area contributed by atoms with Gasteiger partial charge in [0, 0.05) is 6.42 Å². The standard InChI is InChI=1S/C27H23FN2O5/c1-3-35-24-15-17(8-9-19(24)16-18-6-4-5-7-23(18)28)14-22-25(31)29-27(33)30(26(22)32)20-10-12-21(34-2)13-11-20/h4-15H,3,16H2,1-2H3,(H,29,31,33)/b22-14+. The molecule has 0 bridgehead atoms. The third-order valence-electron chi connectivity index (χ3n) is 5.47. The third-order valence-corrected chi connectivity index (χ3v) is 5.47. The van der Waals surface area contributed by atoms with E-state index in [1.54, 1.807) is 60.7 Å². The topological polar surface area (TPSA) is 84.9 Å². The summed E-state index contributed by atoms with van der Waals surface area (Å²) in [7, 11) is 1.51. The van der Waals surface area contributed by atoms with Crippen LogP contribution in [0.5, 0.6) is 11.5 Å². The van der Waals surface area contributed by atoms with Crippen LogP contribution < -0.4 is 19.7 Å². The fourth-order valence-corrected chi connectivity index (χ4v) is 3.73. The molecule has 1 saturated heterocycles. The molecule has 7 nitrogen and oxygen atoms in total. The Hall–Kier alpha value is -4.46. The van der Waals surface area contributed by atoms with Crippen LogP contribution in [-0.4, -0.2) is 31.6 Å². The van der Waals surface area contributed by atoms with Crippen LogP contribution in [0, 0.1) is 5.82 Å². The molecule has 0 aliphatic carbocycles. The van der Waals surface area contributed by atoms with Crippen molar-refractivity contribution in [3.05, 3.63) is 94.8 Å². The highest BCUT2D eigenvalue weighted by molar-refractivity contribution is 6.39. The van der Waals surface area contributed by atoms with E-state index in [1.165, 1.54) is 19.3 Å². The Labute approximate surface area is 201 Å². The van der Waals surface area contributed by atoms with E-state index in [0.29, 0.717) is 41.3 Å². The lowest BCUT2D eigenvalue weighted by Gasteiger charge is -2.26. The van der Waals surface area contributed by atoms with Gasteiger partial charge in [-0.05, 0) is 66.1 Å². The molecular weight excluding hydrogens is 451 g/mol. The fraction of sp³-hybridized carbons (Fsp3) is 0.148. The van der Waals surface area contributed by atoms with Crippen molar-refractivity contribution in [2.45, 2.75) is 13.3 Å². The number of urea groups is 1. The van der Waals surface area contributed by atoms with Crippen LogP contribution in [-0.2, 0) is 16.0 Å². The number of hydrogen-bond acceptors (Lipinski definition) is 5. The minimum atomic E-state index is -0.836. The van der Waals surface area contributed by atoms with E-state index in [9.17, 15) is 18.8 Å². The van der Waals surface area contributed by atoms with Gasteiger partial charge in [0.2, 0.25) is 0 Å². The van der Waals surface area contributed by atoms with Gasteiger partial charge < -0.3 is 9.47 Å². The van der Waals surface area contributed by atoms with Gasteiger partial charge in [-0.2, -0.15) is 0 Å². The van der Waals surface area contributed by atoms with Crippen LogP contribution in [0.4, 0.5) is 14.9 Å². The second-order valence-corrected chi connectivity index (χ2v) is 7.72. The number of methoxy groups -OCH3 is 1. The molecule has 1 heterocycles. The minimum Gasteiger partial charge on any atom is -0.497 e. The van der Waals surface area contributed by atoms with E-state index in [4.69, 9.17) is 9.47 Å². The molecule has 1 aliphatic rings. The number of nitrogens with zero attached hydrogens (tertiary/aromatic N) is 1. The van der Waals surface area contributed by atoms with Gasteiger partial charge in [-0.3, -0.25) is 14.9 Å². The van der Waals surface area contributed by atoms with Crippen molar-refractivity contribution in [3.63, 3.8) is 0 Å². The van der Waals surface area contributed by atoms with Crippen molar-refractivity contribution in [3.8, 4) is 11.5 Å². The highest BCUT2D eigenvalue weighted by atomic mass is 19.1. The van der Waals surface area contributed by atoms with Gasteiger partial charge in [-0.25, -0.2) is 14.1 Å². The molecular formula is C27H23FN2O5. The fourth-order valence-electron chi connectivity index (χ4n) is 3.73. The van der Waals surface area contributed by atoms with E-state index >= 15 is 0 Å². The molecule has 178 valence electrons. The number of nitrogens with one attached hydrogen (secondary N) is 1. The molecule has 1 fully saturated rings. The summed E-state index contributed by atoms with van der Waals surface area (Å²) in [6.07, 6.45) is 1.72. The molecule has 0 atom stereocenters. The largest absolute Gasteiger partial charge is 0.497 e. The molecule has 0 aromatic heterocycles. The van der Waals surface area contributed by atoms with Gasteiger partial charge in [0.25, 0.3) is 11.8 Å². The Morgan fingerprint density at radius 2 is 1.71 bits per heavy atom. The lowest BCUT2D eigenvalue weighted by molar-refractivity contribution is -0.122. The van der Waals surface area contributed by atoms with Gasteiger partial charge in [-0.15, -0.1) is 0 Å². The van der Waals surface area contributed by atoms with E-state index in [-0.39, 0.29) is 11.4 Å². The van der Waals surface area contributed by atoms with Gasteiger partial charge in [0.05, 0.1) is 19.4 Å². The number of carbonyl (C=O) groups is 3. The van der Waals surface area contributed by atoms with Crippen LogP contribution in [0.15, 0.2) is 72.3 Å². The SMILES string of the molecule is CCOc1cc(/C=C2\C(=O)NC(=O)N(c3ccc(OC)cc3)C2=O)ccc1Cc1ccccc1F. The van der Waals surface area contributed by atoms with Crippen LogP contribution in [0.2, 0.25) is 0 Å². The molecule has 35 heavy (non-hydrogen) atoms. The molecule has 1 aliphatic heterocycles. The smallest absolute Gasteiger partial charge is 0.335 e. The molecule has 3 aromatic rings. The highest BCUT2D eigenvalue weighted by Gasteiger charge is 2.36. The summed E-state index contributed by atoms with van der Waals surface area (Å²) in [5.74, 6) is -0.786. The lowest BCUT2D eigenvalue weighted by Crippen LogP contribution is -2.54. The number of barbiturate groups is 1. The van der Waals surface area contributed by atoms with Gasteiger partial charge in [-0.1, -0.05) is 30.3 Å². The zero-order valence-electron chi connectivity index (χ0n) is 19.2. The summed E-state index contributed by atoms with van der Waals surface area (Å²) >= 11 is 0. The minimum absolute atomic E-state index is 0.204. The maximum Gasteiger partial charge on any atom is 0.335 e. The number of carbonyl (C=O) groups excluding carboxylic acids is 3. The molecule has 1 N–H and O–H groups in total. The van der Waals surface area contributed by atoms with Crippen molar-refractivity contribution >= 4 is 29.6 Å². The number of ether oxygens (including phenoxy) is 2. The molecule has 0 radical (unpaired) electrons. The molecule has 4 amide bonds. The Balaban J connectivity index is 1.66. The highest BCUT2D eigenvalue weighted by Crippen LogP contribution is 2.28. The van der Waals surface area contributed by atoms with Gasteiger partial charge >= 0.3 is 6.03 Å². The van der Waals surface area contributed by atoms with Crippen LogP contribution in [0.1, 0.15) is 23.6 Å². The van der Waals surface area contributed by atoms with Crippen LogP contribution in [0.3, 0.4) is 0 Å². The summed E-state index contributed by atoms with van der Waals surface area (Å²) in [6, 6.07) is 17.1. The predicted molar refractivity (Wildman–Crippen MR) is 129 cm³/mol. The Bertz CT molecular complexity index is 1320. The Kier molecular flexibility index (Phi) is 6.91. The first-order valence-corrected chi connectivity index (χ1v) is 11.0. The van der Waals surface area contributed by atoms with E-state index in [2.05, 4.69) is 5.32 Å². The predicted octanol–water partition coefficient (Wildman–Crippen LogP) is 4.49. The van der Waals surface area contributed by atoms with Crippen molar-refractivity contribution in [2.75, 3.05) is 18.6 Å². The van der Waals surface area contributed by atoms with Crippen LogP contribution in [0.25, 0.3) is 6.08 Å². The maximum atomic E-state index is 14.1. The zero-order valence-corrected chi connectivity index (χ0v) is 19.2. The molecule has 4 rings (SSSR count). The number of anilines is 1. The number of rotatable bonds is 7. The summed E-state index contributed by atoms with van der Waals surface area (Å²) in [5.41, 5.74) is 1.89. The second kappa shape index (κ2) is 10.2. The Morgan fingerprint density at radius 3 is 2.40 bits per heavy atom. The monoisotopic (exact) mass is 474 g/mol. The molecule has 0 saturated carbocycles. The Morgan fingerprint density at radius 1 is 0.971 bits per heavy atom. The van der Waals surface area contributed by atoms with E-state index in [1.807, 2.05) is 6.92 Å². The lowest BCUT2D eigenvalue weighted by atomic mass is 10.00. The summed E-state index contributed by atoms with van der Waals surface area (Å²) in [4.78, 5) is 39.0. The second-order valence-electron chi connectivity index (χ2n) is 7.72. The number of amides is 4. The van der Waals surface area contributed by atoms with E-state index < -0.39 is 17.8 Å². The van der Waals surface area contributed by atoms with Crippen molar-refractivity contribution in [2.24, 2.45) is 0 Å². The average Bonchev–Trinajstić information content (AvgIpc) is 2.85. The summed E-state index contributed by atoms with van der Waals surface area (Å²) in [5, 5.41) is 2.20. The third kappa shape index (κ3) is 5.06. The normalized spacial score (nSPS) is 14.8. The summed E-state index contributed by atoms with van der Waals surface area (Å²) < 4.78 is 25.0. The zero-order chi connectivity index (χ0) is 24.9. The van der Waals surface area contributed by atoms with Gasteiger partial charge in [0.1, 0.15) is 22.9 Å². The van der Waals surface area contributed by atoms with Crippen molar-refractivity contribution in [1.29, 1.82) is 0 Å². The molecule has 0 unspecified atom stereocenters. The first-order chi connectivity index (χ1) is 16.9. The van der Waals surface area contributed by atoms with Crippen molar-refractivity contribution < 1.29 is 28.2 Å². The molecule has 0 spiro atoms. The van der Waals surface area contributed by atoms with Crippen LogP contribution >= 0.6 is 0 Å². The molecule has 3 aromatic carbocycles. The average molecular weight is 474 g/mol. The maximum absolute atomic E-state index is 14.1. The van der Waals surface area contributed by atoms with E-state index in [0.717, 1.165) is 10.5 Å². The first kappa shape index (κ1) is 23.7. The number of imide groups is 2.